The van der Waals surface area contributed by atoms with Gasteiger partial charge in [-0.15, -0.1) is 11.3 Å². The van der Waals surface area contributed by atoms with E-state index in [-0.39, 0.29) is 17.9 Å². The van der Waals surface area contributed by atoms with Crippen LogP contribution in [0.2, 0.25) is 0 Å². The molecule has 3 atom stereocenters. The Labute approximate surface area is 289 Å². The van der Waals surface area contributed by atoms with E-state index in [1.807, 2.05) is 19.3 Å². The molecule has 10 nitrogen and oxygen atoms in total. The van der Waals surface area contributed by atoms with E-state index < -0.39 is 0 Å². The van der Waals surface area contributed by atoms with Crippen molar-refractivity contribution in [1.29, 1.82) is 0 Å². The third-order valence-corrected chi connectivity index (χ3v) is 10.9. The van der Waals surface area contributed by atoms with Crippen molar-refractivity contribution in [2.45, 2.75) is 77.3 Å². The number of aryl methyl sites for hydroxylation is 1. The summed E-state index contributed by atoms with van der Waals surface area (Å²) in [6, 6.07) is 15.8. The highest BCUT2D eigenvalue weighted by Gasteiger charge is 2.33. The predicted octanol–water partition coefficient (Wildman–Crippen LogP) is 8.13. The molecule has 49 heavy (non-hydrogen) atoms. The van der Waals surface area contributed by atoms with Crippen LogP contribution in [0.5, 0.6) is 5.75 Å². The largest absolute Gasteiger partial charge is 0.463 e. The first kappa shape index (κ1) is 30.7. The molecular weight excluding hydrogens is 633 g/mol. The van der Waals surface area contributed by atoms with Crippen LogP contribution in [0.25, 0.3) is 44.7 Å². The van der Waals surface area contributed by atoms with Crippen LogP contribution in [-0.2, 0) is 4.74 Å². The summed E-state index contributed by atoms with van der Waals surface area (Å²) in [6.45, 7) is 11.0. The maximum absolute atomic E-state index is 6.87. The summed E-state index contributed by atoms with van der Waals surface area (Å²) in [5.41, 5.74) is 8.07. The summed E-state index contributed by atoms with van der Waals surface area (Å²) in [5, 5.41) is 7.70. The molecule has 3 aliphatic heterocycles. The van der Waals surface area contributed by atoms with Gasteiger partial charge in [-0.25, -0.2) is 15.0 Å². The zero-order chi connectivity index (χ0) is 33.3. The third-order valence-electron chi connectivity index (χ3n) is 9.94. The maximum atomic E-state index is 6.87. The van der Waals surface area contributed by atoms with E-state index >= 15 is 0 Å². The van der Waals surface area contributed by atoms with Gasteiger partial charge in [0.05, 0.1) is 40.3 Å². The lowest BCUT2D eigenvalue weighted by molar-refractivity contribution is -0.0682. The maximum Gasteiger partial charge on any atom is 0.229 e. The number of likely N-dealkylation sites (tertiary alicyclic amines) is 1. The molecule has 0 saturated carbocycles. The summed E-state index contributed by atoms with van der Waals surface area (Å²) < 4.78 is 15.3. The van der Waals surface area contributed by atoms with Crippen LogP contribution in [0.3, 0.4) is 0 Å². The van der Waals surface area contributed by atoms with Crippen molar-refractivity contribution < 1.29 is 9.47 Å². The minimum absolute atomic E-state index is 0.177. The molecule has 2 aromatic carbocycles. The van der Waals surface area contributed by atoms with E-state index in [0.717, 1.165) is 105 Å². The van der Waals surface area contributed by atoms with Gasteiger partial charge in [-0.3, -0.25) is 9.47 Å². The molecule has 9 rings (SSSR count). The number of imidazole rings is 2. The number of nitrogens with one attached hydrogen (secondary N) is 3. The van der Waals surface area contributed by atoms with Crippen LogP contribution < -0.4 is 10.1 Å². The van der Waals surface area contributed by atoms with Crippen molar-refractivity contribution >= 4 is 22.2 Å². The lowest BCUT2D eigenvalue weighted by Crippen LogP contribution is -2.32. The fraction of sp³-hybridized carbons (Fsp3) is 0.395. The summed E-state index contributed by atoms with van der Waals surface area (Å²) in [6.07, 6.45) is 8.16. The molecule has 0 radical (unpaired) electrons. The van der Waals surface area contributed by atoms with Crippen molar-refractivity contribution in [2.75, 3.05) is 19.8 Å². The molecule has 2 fully saturated rings. The van der Waals surface area contributed by atoms with Gasteiger partial charge >= 0.3 is 0 Å². The lowest BCUT2D eigenvalue weighted by atomic mass is 10.0. The Kier molecular flexibility index (Phi) is 7.49. The average molecular weight is 675 g/mol. The number of aromatic amines is 2. The highest BCUT2D eigenvalue weighted by atomic mass is 32.1. The Morgan fingerprint density at radius 2 is 1.73 bits per heavy atom. The predicted molar refractivity (Wildman–Crippen MR) is 193 cm³/mol. The van der Waals surface area contributed by atoms with Gasteiger partial charge in [0.15, 0.2) is 5.01 Å². The lowest BCUT2D eigenvalue weighted by Gasteiger charge is -2.29. The number of hydrogen-bond acceptors (Lipinski definition) is 8. The van der Waals surface area contributed by atoms with Crippen LogP contribution in [0.1, 0.15) is 87.1 Å². The first-order valence-corrected chi connectivity index (χ1v) is 18.3. The molecule has 7 heterocycles. The Balaban J connectivity index is 1.06. The standard InChI is InChI=1S/C38H42N8O2S/c1-22-20-49-36(42-22)37-46-30-12-10-23(28-18-40-34(43-28)27-7-5-13-39-27)15-25(30)16-32(46)26-11-9-24(17-33(26)48-37)29-19-41-35(44-29)31-8-6-14-45(31)21-47-38(2,3)4/h9-12,15-20,27,31,37,39H,5-8,13-14,21H2,1-4H3,(H,40,43)(H,41,44)/t27-,31-,37?/m0/s1. The van der Waals surface area contributed by atoms with E-state index in [1.54, 1.807) is 11.3 Å². The Hall–Kier alpha value is -4.29. The van der Waals surface area contributed by atoms with Crippen LogP contribution >= 0.6 is 11.3 Å². The van der Waals surface area contributed by atoms with Crippen LogP contribution in [0.4, 0.5) is 0 Å². The topological polar surface area (TPSA) is 109 Å². The molecule has 3 aliphatic rings. The highest BCUT2D eigenvalue weighted by molar-refractivity contribution is 7.09. The van der Waals surface area contributed by atoms with Crippen LogP contribution in [0.15, 0.2) is 60.2 Å². The van der Waals surface area contributed by atoms with Crippen molar-refractivity contribution in [1.82, 2.24) is 39.7 Å². The third kappa shape index (κ3) is 5.68. The van der Waals surface area contributed by atoms with Crippen molar-refractivity contribution in [3.63, 3.8) is 0 Å². The first-order valence-electron chi connectivity index (χ1n) is 17.4. The number of aromatic nitrogens is 6. The van der Waals surface area contributed by atoms with E-state index in [4.69, 9.17) is 24.4 Å². The van der Waals surface area contributed by atoms with Gasteiger partial charge in [-0.1, -0.05) is 12.1 Å². The summed E-state index contributed by atoms with van der Waals surface area (Å²) in [7, 11) is 0. The van der Waals surface area contributed by atoms with Gasteiger partial charge in [-0.05, 0) is 90.3 Å². The Morgan fingerprint density at radius 1 is 0.939 bits per heavy atom. The molecule has 3 N–H and O–H groups in total. The zero-order valence-corrected chi connectivity index (χ0v) is 29.2. The quantitative estimate of drug-likeness (QED) is 0.157. The number of H-pyrrole nitrogens is 2. The molecular formula is C38H42N8O2S. The molecule has 2 saturated heterocycles. The second kappa shape index (κ2) is 11.9. The van der Waals surface area contributed by atoms with Crippen LogP contribution in [-0.4, -0.2) is 59.8 Å². The minimum Gasteiger partial charge on any atom is -0.463 e. The minimum atomic E-state index is -0.380. The number of thiazole rings is 1. The molecule has 252 valence electrons. The monoisotopic (exact) mass is 674 g/mol. The molecule has 1 unspecified atom stereocenters. The molecule has 0 amide bonds. The van der Waals surface area contributed by atoms with Gasteiger partial charge in [0.1, 0.15) is 24.1 Å². The summed E-state index contributed by atoms with van der Waals surface area (Å²) in [4.78, 5) is 24.2. The zero-order valence-electron chi connectivity index (χ0n) is 28.4. The summed E-state index contributed by atoms with van der Waals surface area (Å²) in [5.74, 6) is 2.83. The van der Waals surface area contributed by atoms with E-state index in [1.165, 1.54) is 6.42 Å². The smallest absolute Gasteiger partial charge is 0.229 e. The fourth-order valence-electron chi connectivity index (χ4n) is 7.47. The van der Waals surface area contributed by atoms with Gasteiger partial charge < -0.3 is 24.8 Å². The number of nitrogens with zero attached hydrogens (tertiary/aromatic N) is 5. The molecule has 0 spiro atoms. The first-order chi connectivity index (χ1) is 23.8. The van der Waals surface area contributed by atoms with Crippen molar-refractivity contribution in [2.24, 2.45) is 0 Å². The van der Waals surface area contributed by atoms with E-state index in [9.17, 15) is 0 Å². The Morgan fingerprint density at radius 3 is 2.51 bits per heavy atom. The average Bonchev–Trinajstić information content (AvgIpc) is 3.93. The number of fused-ring (bicyclic) bond motifs is 5. The molecule has 4 aromatic heterocycles. The SMILES string of the molecule is Cc1csc(C2Oc3cc(-c4c[nH]c([C@@H]5CCCN5COC(C)(C)C)n4)ccc3-c3cc4cc(-c5c[nH]c([C@@H]6CCCN6)n5)ccc4n32)n1. The van der Waals surface area contributed by atoms with Crippen LogP contribution in [0, 0.1) is 6.92 Å². The second-order valence-electron chi connectivity index (χ2n) is 14.5. The molecule has 0 aliphatic carbocycles. The van der Waals surface area contributed by atoms with Gasteiger partial charge in [0, 0.05) is 52.1 Å². The Bertz CT molecular complexity index is 2150. The van der Waals surface area contributed by atoms with Crippen molar-refractivity contribution in [3.8, 4) is 39.5 Å². The molecule has 0 bridgehead atoms. The fourth-order valence-corrected chi connectivity index (χ4v) is 8.28. The molecule has 6 aromatic rings. The second-order valence-corrected chi connectivity index (χ2v) is 15.4. The van der Waals surface area contributed by atoms with E-state index in [0.29, 0.717) is 12.8 Å². The van der Waals surface area contributed by atoms with Gasteiger partial charge in [-0.2, -0.15) is 0 Å². The number of benzene rings is 2. The van der Waals surface area contributed by atoms with E-state index in [2.05, 4.69) is 93.4 Å². The molecule has 11 heteroatoms. The highest BCUT2D eigenvalue weighted by Crippen LogP contribution is 2.46. The number of hydrogen-bond donors (Lipinski definition) is 3. The van der Waals surface area contributed by atoms with Gasteiger partial charge in [0.25, 0.3) is 0 Å². The van der Waals surface area contributed by atoms with Gasteiger partial charge in [0.2, 0.25) is 6.23 Å². The number of rotatable bonds is 7. The summed E-state index contributed by atoms with van der Waals surface area (Å²) >= 11 is 1.64. The van der Waals surface area contributed by atoms with Crippen molar-refractivity contribution in [3.05, 3.63) is 82.6 Å². The normalized spacial score (nSPS) is 20.9. The number of ether oxygens (including phenoxy) is 2.